The normalized spacial score (nSPS) is 10.6. The molecule has 4 rings (SSSR count). The number of nitrogens with one attached hydrogen (secondary N) is 1. The van der Waals surface area contributed by atoms with Gasteiger partial charge in [0.15, 0.2) is 0 Å². The van der Waals surface area contributed by atoms with E-state index in [4.69, 9.17) is 4.74 Å². The highest BCUT2D eigenvalue weighted by Gasteiger charge is 2.12. The first-order valence-corrected chi connectivity index (χ1v) is 9.22. The van der Waals surface area contributed by atoms with Gasteiger partial charge in [0, 0.05) is 30.4 Å². The molecule has 154 valence electrons. The predicted molar refractivity (Wildman–Crippen MR) is 113 cm³/mol. The lowest BCUT2D eigenvalue weighted by molar-refractivity contribution is -0.385. The number of hydrogen-bond acceptors (Lipinski definition) is 6. The lowest BCUT2D eigenvalue weighted by atomic mass is 10.1. The van der Waals surface area contributed by atoms with Gasteiger partial charge in [0.2, 0.25) is 5.91 Å². The fraction of sp³-hybridized carbons (Fsp3) is 0.0455. The van der Waals surface area contributed by atoms with Crippen LogP contribution < -0.4 is 10.1 Å². The number of benzene rings is 2. The molecule has 2 heterocycles. The fourth-order valence-corrected chi connectivity index (χ4v) is 3.01. The number of nitrogens with zero attached hydrogens (tertiary/aromatic N) is 3. The second kappa shape index (κ2) is 8.07. The number of hydrogen-bond donors (Lipinski definition) is 1. The van der Waals surface area contributed by atoms with Crippen LogP contribution in [0.5, 0.6) is 5.75 Å². The molecule has 0 saturated heterocycles. The molecule has 9 heteroatoms. The van der Waals surface area contributed by atoms with E-state index in [0.717, 1.165) is 5.56 Å². The van der Waals surface area contributed by atoms with E-state index >= 15 is 0 Å². The highest BCUT2D eigenvalue weighted by Crippen LogP contribution is 2.24. The number of pyridine rings is 1. The Morgan fingerprint density at radius 2 is 1.84 bits per heavy atom. The number of imidazole rings is 1. The van der Waals surface area contributed by atoms with Crippen LogP contribution in [0.25, 0.3) is 16.9 Å². The topological polar surface area (TPSA) is 116 Å². The van der Waals surface area contributed by atoms with E-state index < -0.39 is 10.9 Å². The summed E-state index contributed by atoms with van der Waals surface area (Å²) in [6.45, 7) is 1.39. The second-order valence-corrected chi connectivity index (χ2v) is 6.71. The molecule has 0 atom stereocenters. The number of fused-ring (bicyclic) bond motifs is 1. The lowest BCUT2D eigenvalue weighted by Gasteiger charge is -2.07. The van der Waals surface area contributed by atoms with Crippen molar-refractivity contribution in [2.45, 2.75) is 6.92 Å². The Hall–Kier alpha value is -4.53. The summed E-state index contributed by atoms with van der Waals surface area (Å²) in [6, 6.07) is 16.2. The smallest absolute Gasteiger partial charge is 0.343 e. The molecule has 0 unspecified atom stereocenters. The number of nitro groups is 1. The molecule has 0 spiro atoms. The van der Waals surface area contributed by atoms with Crippen LogP contribution in [0.4, 0.5) is 11.4 Å². The molecule has 0 aliphatic heterocycles. The number of ether oxygens (including phenoxy) is 1. The first-order valence-electron chi connectivity index (χ1n) is 9.22. The molecule has 0 saturated carbocycles. The van der Waals surface area contributed by atoms with Crippen LogP contribution >= 0.6 is 0 Å². The van der Waals surface area contributed by atoms with Crippen LogP contribution in [-0.2, 0) is 4.79 Å². The third kappa shape index (κ3) is 4.40. The summed E-state index contributed by atoms with van der Waals surface area (Å²) < 4.78 is 6.99. The lowest BCUT2D eigenvalue weighted by Crippen LogP contribution is -2.10. The molecule has 0 fully saturated rings. The largest absolute Gasteiger partial charge is 0.423 e. The fourth-order valence-electron chi connectivity index (χ4n) is 3.01. The SMILES string of the molecule is CC(=O)Nc1cccc(C(=O)Oc2ccc(-c3cn4cc([N+](=O)[O-])ccc4n3)cc2)c1. The number of anilines is 1. The molecule has 0 aliphatic rings. The van der Waals surface area contributed by atoms with Crippen molar-refractivity contribution in [2.24, 2.45) is 0 Å². The number of carbonyl (C=O) groups is 2. The van der Waals surface area contributed by atoms with Crippen LogP contribution in [0.2, 0.25) is 0 Å². The van der Waals surface area contributed by atoms with Crippen LogP contribution in [0.15, 0.2) is 73.1 Å². The quantitative estimate of drug-likeness (QED) is 0.227. The zero-order valence-corrected chi connectivity index (χ0v) is 16.3. The minimum Gasteiger partial charge on any atom is -0.423 e. The van der Waals surface area contributed by atoms with Crippen molar-refractivity contribution in [1.29, 1.82) is 0 Å². The van der Waals surface area contributed by atoms with Gasteiger partial charge in [0.1, 0.15) is 11.4 Å². The van der Waals surface area contributed by atoms with Crippen molar-refractivity contribution >= 4 is 28.9 Å². The second-order valence-electron chi connectivity index (χ2n) is 6.71. The molecule has 4 aromatic rings. The summed E-state index contributed by atoms with van der Waals surface area (Å²) in [5, 5.41) is 13.5. The highest BCUT2D eigenvalue weighted by atomic mass is 16.6. The van der Waals surface area contributed by atoms with E-state index in [1.807, 2.05) is 0 Å². The molecule has 0 bridgehead atoms. The Balaban J connectivity index is 1.51. The molecule has 2 aromatic heterocycles. The third-order valence-corrected chi connectivity index (χ3v) is 4.43. The molecule has 2 aromatic carbocycles. The van der Waals surface area contributed by atoms with Gasteiger partial charge in [-0.25, -0.2) is 9.78 Å². The summed E-state index contributed by atoms with van der Waals surface area (Å²) in [5.41, 5.74) is 2.75. The molecule has 31 heavy (non-hydrogen) atoms. The van der Waals surface area contributed by atoms with Gasteiger partial charge < -0.3 is 10.1 Å². The number of aromatic nitrogens is 2. The average Bonchev–Trinajstić information content (AvgIpc) is 3.17. The van der Waals surface area contributed by atoms with Crippen molar-refractivity contribution in [2.75, 3.05) is 5.32 Å². The summed E-state index contributed by atoms with van der Waals surface area (Å²) >= 11 is 0. The zero-order chi connectivity index (χ0) is 22.0. The van der Waals surface area contributed by atoms with Gasteiger partial charge in [-0.1, -0.05) is 6.07 Å². The minimum absolute atomic E-state index is 0.0266. The standard InChI is InChI=1S/C22H16N4O5/c1-14(27)23-17-4-2-3-16(11-17)22(28)31-19-8-5-15(6-9-19)20-13-25-12-18(26(29)30)7-10-21(25)24-20/h2-13H,1H3,(H,23,27). The zero-order valence-electron chi connectivity index (χ0n) is 16.3. The van der Waals surface area contributed by atoms with E-state index in [1.54, 1.807) is 59.1 Å². The van der Waals surface area contributed by atoms with Crippen molar-refractivity contribution in [3.63, 3.8) is 0 Å². The Morgan fingerprint density at radius 3 is 2.55 bits per heavy atom. The Kier molecular flexibility index (Phi) is 5.15. The van der Waals surface area contributed by atoms with Gasteiger partial charge in [-0.3, -0.25) is 19.3 Å². The number of carbonyl (C=O) groups excluding carboxylic acids is 2. The van der Waals surface area contributed by atoms with Crippen LogP contribution in [0, 0.1) is 10.1 Å². The molecule has 1 amide bonds. The van der Waals surface area contributed by atoms with E-state index in [9.17, 15) is 19.7 Å². The Bertz CT molecular complexity index is 1310. The monoisotopic (exact) mass is 416 g/mol. The van der Waals surface area contributed by atoms with Crippen LogP contribution in [0.1, 0.15) is 17.3 Å². The molecule has 0 radical (unpaired) electrons. The van der Waals surface area contributed by atoms with Crippen LogP contribution in [-0.4, -0.2) is 26.2 Å². The van der Waals surface area contributed by atoms with Crippen molar-refractivity contribution < 1.29 is 19.2 Å². The van der Waals surface area contributed by atoms with E-state index in [2.05, 4.69) is 10.3 Å². The Morgan fingerprint density at radius 1 is 1.06 bits per heavy atom. The van der Waals surface area contributed by atoms with Gasteiger partial charge in [0.05, 0.1) is 22.4 Å². The maximum Gasteiger partial charge on any atom is 0.343 e. The van der Waals surface area contributed by atoms with Crippen molar-refractivity contribution in [3.8, 4) is 17.0 Å². The van der Waals surface area contributed by atoms with Gasteiger partial charge in [-0.2, -0.15) is 0 Å². The van der Waals surface area contributed by atoms with E-state index in [0.29, 0.717) is 28.3 Å². The summed E-state index contributed by atoms with van der Waals surface area (Å²) in [6.07, 6.45) is 3.09. The molecule has 1 N–H and O–H groups in total. The van der Waals surface area contributed by atoms with Crippen LogP contribution in [0.3, 0.4) is 0 Å². The van der Waals surface area contributed by atoms with Gasteiger partial charge in [-0.15, -0.1) is 0 Å². The third-order valence-electron chi connectivity index (χ3n) is 4.43. The van der Waals surface area contributed by atoms with Gasteiger partial charge >= 0.3 is 5.97 Å². The van der Waals surface area contributed by atoms with E-state index in [-0.39, 0.29) is 11.6 Å². The summed E-state index contributed by atoms with van der Waals surface area (Å²) in [4.78, 5) is 38.5. The first kappa shape index (κ1) is 19.8. The molecular formula is C22H16N4O5. The molecular weight excluding hydrogens is 400 g/mol. The average molecular weight is 416 g/mol. The first-order chi connectivity index (χ1) is 14.9. The summed E-state index contributed by atoms with van der Waals surface area (Å²) in [7, 11) is 0. The number of esters is 1. The molecule has 9 nitrogen and oxygen atoms in total. The highest BCUT2D eigenvalue weighted by molar-refractivity contribution is 5.94. The van der Waals surface area contributed by atoms with Crippen molar-refractivity contribution in [3.05, 3.63) is 88.7 Å². The molecule has 0 aliphatic carbocycles. The Labute approximate surface area is 176 Å². The van der Waals surface area contributed by atoms with E-state index in [1.165, 1.54) is 25.3 Å². The van der Waals surface area contributed by atoms with Gasteiger partial charge in [0.25, 0.3) is 5.69 Å². The number of amides is 1. The van der Waals surface area contributed by atoms with Gasteiger partial charge in [-0.05, 0) is 48.5 Å². The minimum atomic E-state index is -0.556. The maximum atomic E-state index is 12.4. The van der Waals surface area contributed by atoms with Crippen molar-refractivity contribution in [1.82, 2.24) is 9.38 Å². The number of rotatable bonds is 5. The maximum absolute atomic E-state index is 12.4. The summed E-state index contributed by atoms with van der Waals surface area (Å²) in [5.74, 6) is -0.444. The predicted octanol–water partition coefficient (Wildman–Crippen LogP) is 4.09.